The summed E-state index contributed by atoms with van der Waals surface area (Å²) in [6.45, 7) is 1.91. The minimum atomic E-state index is -0.0388. The molecule has 1 unspecified atom stereocenters. The van der Waals surface area contributed by atoms with E-state index in [2.05, 4.69) is 5.32 Å². The van der Waals surface area contributed by atoms with E-state index in [9.17, 15) is 4.79 Å². The van der Waals surface area contributed by atoms with E-state index in [-0.39, 0.29) is 5.91 Å². The van der Waals surface area contributed by atoms with Gasteiger partial charge < -0.3 is 11.1 Å². The highest BCUT2D eigenvalue weighted by Crippen LogP contribution is 2.20. The van der Waals surface area contributed by atoms with Crippen LogP contribution in [-0.4, -0.2) is 23.5 Å². The number of hydrogen-bond acceptors (Lipinski definition) is 3. The highest BCUT2D eigenvalue weighted by atomic mass is 32.2. The second-order valence-corrected chi connectivity index (χ2v) is 5.22. The first-order chi connectivity index (χ1) is 7.68. The lowest BCUT2D eigenvalue weighted by atomic mass is 10.1. The van der Waals surface area contributed by atoms with Crippen molar-refractivity contribution in [3.8, 4) is 0 Å². The van der Waals surface area contributed by atoms with E-state index in [1.165, 1.54) is 0 Å². The molecule has 0 spiro atoms. The standard InChI is InChI=1S/C12H16N2OS/c1-8-3-2-4-10(13)11(8)12(15)14-9-5-6-16-7-9/h2-4,9H,5-7,13H2,1H3,(H,14,15). The molecular formula is C12H16N2OS. The third kappa shape index (κ3) is 2.32. The highest BCUT2D eigenvalue weighted by molar-refractivity contribution is 7.99. The molecule has 1 saturated heterocycles. The number of amides is 1. The summed E-state index contributed by atoms with van der Waals surface area (Å²) >= 11 is 1.88. The number of carbonyl (C=O) groups is 1. The van der Waals surface area contributed by atoms with Crippen molar-refractivity contribution in [2.75, 3.05) is 17.2 Å². The van der Waals surface area contributed by atoms with Crippen molar-refractivity contribution in [1.29, 1.82) is 0 Å². The number of anilines is 1. The van der Waals surface area contributed by atoms with Crippen LogP contribution in [0.2, 0.25) is 0 Å². The van der Waals surface area contributed by atoms with Crippen LogP contribution in [-0.2, 0) is 0 Å². The largest absolute Gasteiger partial charge is 0.398 e. The predicted octanol–water partition coefficient (Wildman–Crippen LogP) is 1.81. The zero-order valence-corrected chi connectivity index (χ0v) is 10.1. The molecule has 0 radical (unpaired) electrons. The third-order valence-corrected chi connectivity index (χ3v) is 3.96. The number of aryl methyl sites for hydroxylation is 1. The van der Waals surface area contributed by atoms with Crippen molar-refractivity contribution in [1.82, 2.24) is 5.32 Å². The van der Waals surface area contributed by atoms with Gasteiger partial charge in [-0.2, -0.15) is 11.8 Å². The molecule has 4 heteroatoms. The lowest BCUT2D eigenvalue weighted by molar-refractivity contribution is 0.0941. The number of rotatable bonds is 2. The number of nitrogens with one attached hydrogen (secondary N) is 1. The molecule has 0 bridgehead atoms. The maximum atomic E-state index is 12.0. The molecule has 16 heavy (non-hydrogen) atoms. The van der Waals surface area contributed by atoms with Crippen LogP contribution in [0.5, 0.6) is 0 Å². The Morgan fingerprint density at radius 1 is 1.56 bits per heavy atom. The van der Waals surface area contributed by atoms with E-state index >= 15 is 0 Å². The number of carbonyl (C=O) groups excluding carboxylic acids is 1. The van der Waals surface area contributed by atoms with E-state index < -0.39 is 0 Å². The van der Waals surface area contributed by atoms with Gasteiger partial charge >= 0.3 is 0 Å². The maximum Gasteiger partial charge on any atom is 0.253 e. The fourth-order valence-electron chi connectivity index (χ4n) is 1.91. The van der Waals surface area contributed by atoms with Gasteiger partial charge in [0.15, 0.2) is 0 Å². The molecule has 1 amide bonds. The SMILES string of the molecule is Cc1cccc(N)c1C(=O)NC1CCSC1. The Morgan fingerprint density at radius 3 is 3.00 bits per heavy atom. The van der Waals surface area contributed by atoms with Gasteiger partial charge in [-0.05, 0) is 30.7 Å². The van der Waals surface area contributed by atoms with Crippen LogP contribution in [0.25, 0.3) is 0 Å². The average Bonchev–Trinajstić information content (AvgIpc) is 2.70. The predicted molar refractivity (Wildman–Crippen MR) is 68.8 cm³/mol. The van der Waals surface area contributed by atoms with Gasteiger partial charge in [-0.25, -0.2) is 0 Å². The van der Waals surface area contributed by atoms with Gasteiger partial charge in [-0.15, -0.1) is 0 Å². The number of nitrogens with two attached hydrogens (primary N) is 1. The van der Waals surface area contributed by atoms with Crippen molar-refractivity contribution >= 4 is 23.4 Å². The molecule has 86 valence electrons. The molecule has 0 aliphatic carbocycles. The molecule has 3 N–H and O–H groups in total. The zero-order chi connectivity index (χ0) is 11.5. The number of nitrogen functional groups attached to an aromatic ring is 1. The van der Waals surface area contributed by atoms with E-state index in [0.29, 0.717) is 17.3 Å². The topological polar surface area (TPSA) is 55.1 Å². The zero-order valence-electron chi connectivity index (χ0n) is 9.32. The van der Waals surface area contributed by atoms with Crippen LogP contribution in [0.1, 0.15) is 22.3 Å². The first-order valence-corrected chi connectivity index (χ1v) is 6.57. The van der Waals surface area contributed by atoms with Crippen LogP contribution in [0, 0.1) is 6.92 Å². The molecule has 2 rings (SSSR count). The van der Waals surface area contributed by atoms with Crippen molar-refractivity contribution in [3.05, 3.63) is 29.3 Å². The number of hydrogen-bond donors (Lipinski definition) is 2. The summed E-state index contributed by atoms with van der Waals surface area (Å²) in [5, 5.41) is 3.04. The number of thioether (sulfide) groups is 1. The lowest BCUT2D eigenvalue weighted by Crippen LogP contribution is -2.35. The van der Waals surface area contributed by atoms with Crippen molar-refractivity contribution < 1.29 is 4.79 Å². The van der Waals surface area contributed by atoms with Crippen LogP contribution in [0.15, 0.2) is 18.2 Å². The van der Waals surface area contributed by atoms with Gasteiger partial charge in [0.2, 0.25) is 0 Å². The molecule has 1 aliphatic rings. The van der Waals surface area contributed by atoms with Crippen LogP contribution in [0.3, 0.4) is 0 Å². The van der Waals surface area contributed by atoms with E-state index in [1.807, 2.05) is 30.8 Å². The lowest BCUT2D eigenvalue weighted by Gasteiger charge is -2.14. The molecule has 1 aromatic rings. The first-order valence-electron chi connectivity index (χ1n) is 5.42. The fourth-order valence-corrected chi connectivity index (χ4v) is 3.06. The minimum Gasteiger partial charge on any atom is -0.398 e. The third-order valence-electron chi connectivity index (χ3n) is 2.80. The first kappa shape index (κ1) is 11.3. The molecule has 1 atom stereocenters. The fraction of sp³-hybridized carbons (Fsp3) is 0.417. The summed E-state index contributed by atoms with van der Waals surface area (Å²) in [6, 6.07) is 5.85. The maximum absolute atomic E-state index is 12.0. The molecule has 0 aromatic heterocycles. The quantitative estimate of drug-likeness (QED) is 0.770. The van der Waals surface area contributed by atoms with Gasteiger partial charge in [0.25, 0.3) is 5.91 Å². The summed E-state index contributed by atoms with van der Waals surface area (Å²) in [7, 11) is 0. The average molecular weight is 236 g/mol. The Labute approximate surface area is 99.8 Å². The Hall–Kier alpha value is -1.16. The Kier molecular flexibility index (Phi) is 3.39. The second kappa shape index (κ2) is 4.78. The Morgan fingerprint density at radius 2 is 2.38 bits per heavy atom. The smallest absolute Gasteiger partial charge is 0.253 e. The molecule has 1 heterocycles. The second-order valence-electron chi connectivity index (χ2n) is 4.07. The molecule has 0 saturated carbocycles. The molecule has 1 aliphatic heterocycles. The van der Waals surface area contributed by atoms with Crippen molar-refractivity contribution in [3.63, 3.8) is 0 Å². The van der Waals surface area contributed by atoms with Gasteiger partial charge in [0.1, 0.15) is 0 Å². The number of benzene rings is 1. The normalized spacial score (nSPS) is 19.7. The summed E-state index contributed by atoms with van der Waals surface area (Å²) in [5.74, 6) is 2.11. The minimum absolute atomic E-state index is 0.0388. The summed E-state index contributed by atoms with van der Waals surface area (Å²) in [4.78, 5) is 12.0. The van der Waals surface area contributed by atoms with Gasteiger partial charge in [0.05, 0.1) is 5.56 Å². The van der Waals surface area contributed by atoms with E-state index in [1.54, 1.807) is 6.07 Å². The molecule has 1 aromatic carbocycles. The highest BCUT2D eigenvalue weighted by Gasteiger charge is 2.20. The summed E-state index contributed by atoms with van der Waals surface area (Å²) in [5.41, 5.74) is 7.95. The van der Waals surface area contributed by atoms with Crippen LogP contribution in [0.4, 0.5) is 5.69 Å². The molecular weight excluding hydrogens is 220 g/mol. The summed E-state index contributed by atoms with van der Waals surface area (Å²) in [6.07, 6.45) is 1.06. The molecule has 1 fully saturated rings. The van der Waals surface area contributed by atoms with Crippen molar-refractivity contribution in [2.45, 2.75) is 19.4 Å². The van der Waals surface area contributed by atoms with Gasteiger partial charge in [-0.3, -0.25) is 4.79 Å². The van der Waals surface area contributed by atoms with Crippen LogP contribution >= 0.6 is 11.8 Å². The summed E-state index contributed by atoms with van der Waals surface area (Å²) < 4.78 is 0. The van der Waals surface area contributed by atoms with Gasteiger partial charge in [-0.1, -0.05) is 12.1 Å². The van der Waals surface area contributed by atoms with Gasteiger partial charge in [0, 0.05) is 17.5 Å². The van der Waals surface area contributed by atoms with E-state index in [0.717, 1.165) is 23.5 Å². The molecule has 3 nitrogen and oxygen atoms in total. The monoisotopic (exact) mass is 236 g/mol. The Balaban J connectivity index is 2.13. The van der Waals surface area contributed by atoms with Crippen molar-refractivity contribution in [2.24, 2.45) is 0 Å². The Bertz CT molecular complexity index is 380. The van der Waals surface area contributed by atoms with Crippen LogP contribution < -0.4 is 11.1 Å². The van der Waals surface area contributed by atoms with E-state index in [4.69, 9.17) is 5.73 Å².